The maximum Gasteiger partial charge on any atom is 0.264 e. The minimum atomic E-state index is -4.38. The van der Waals surface area contributed by atoms with Gasteiger partial charge >= 0.3 is 0 Å². The van der Waals surface area contributed by atoms with Crippen molar-refractivity contribution in [3.63, 3.8) is 0 Å². The number of sulfonamides is 1. The molecule has 2 amide bonds. The van der Waals surface area contributed by atoms with Crippen LogP contribution in [0.4, 0.5) is 10.1 Å². The third kappa shape index (κ3) is 7.99. The highest BCUT2D eigenvalue weighted by Gasteiger charge is 2.34. The fraction of sp³-hybridized carbons (Fsp3) is 0.333. The summed E-state index contributed by atoms with van der Waals surface area (Å²) in [5.41, 5.74) is 1.14. The van der Waals surface area contributed by atoms with Crippen molar-refractivity contribution in [2.45, 2.75) is 64.1 Å². The van der Waals surface area contributed by atoms with E-state index in [1.54, 1.807) is 37.3 Å². The summed E-state index contributed by atoms with van der Waals surface area (Å²) in [4.78, 5) is 28.6. The Kier molecular flexibility index (Phi) is 11.2. The zero-order valence-electron chi connectivity index (χ0n) is 23.4. The molecule has 220 valence electrons. The highest BCUT2D eigenvalue weighted by Crippen LogP contribution is 2.28. The number of hydrogen-bond donors (Lipinski definition) is 1. The van der Waals surface area contributed by atoms with Crippen molar-refractivity contribution in [2.24, 2.45) is 0 Å². The molecule has 0 aliphatic heterocycles. The van der Waals surface area contributed by atoms with Crippen LogP contribution in [0.25, 0.3) is 0 Å². The van der Waals surface area contributed by atoms with Crippen molar-refractivity contribution >= 4 is 50.7 Å². The summed E-state index contributed by atoms with van der Waals surface area (Å²) in [7, 11) is -4.38. The van der Waals surface area contributed by atoms with Gasteiger partial charge < -0.3 is 10.2 Å². The van der Waals surface area contributed by atoms with Gasteiger partial charge in [0.05, 0.1) is 20.6 Å². The van der Waals surface area contributed by atoms with Gasteiger partial charge in [0.2, 0.25) is 11.8 Å². The summed E-state index contributed by atoms with van der Waals surface area (Å²) in [5.74, 6) is -1.89. The zero-order valence-corrected chi connectivity index (χ0v) is 25.7. The third-order valence-electron chi connectivity index (χ3n) is 6.73. The fourth-order valence-corrected chi connectivity index (χ4v) is 5.94. The maximum atomic E-state index is 15.0. The molecule has 3 aromatic rings. The van der Waals surface area contributed by atoms with Crippen LogP contribution in [-0.4, -0.2) is 43.8 Å². The molecule has 0 aliphatic rings. The standard InChI is InChI=1S/C30H34Cl2FN3O4S/c1-5-21(4)34-30(38)27(6-2)35(18-22-13-16-24(31)25(32)17-22)29(37)19-36(28-10-8-7-9-26(28)33)41(39,40)23-14-11-20(3)12-15-23/h7-17,21,27H,5-6,18-19H2,1-4H3,(H,34,38). The Balaban J connectivity index is 2.09. The molecule has 0 aromatic heterocycles. The van der Waals surface area contributed by atoms with E-state index in [-0.39, 0.29) is 40.5 Å². The van der Waals surface area contributed by atoms with Gasteiger partial charge in [-0.15, -0.1) is 0 Å². The summed E-state index contributed by atoms with van der Waals surface area (Å²) >= 11 is 12.3. The highest BCUT2D eigenvalue weighted by atomic mass is 35.5. The largest absolute Gasteiger partial charge is 0.352 e. The molecule has 0 aliphatic carbocycles. The van der Waals surface area contributed by atoms with Crippen LogP contribution in [0.15, 0.2) is 71.6 Å². The van der Waals surface area contributed by atoms with Crippen LogP contribution in [0.2, 0.25) is 10.0 Å². The number of nitrogens with zero attached hydrogens (tertiary/aromatic N) is 2. The van der Waals surface area contributed by atoms with E-state index >= 15 is 4.39 Å². The molecule has 3 aromatic carbocycles. The van der Waals surface area contributed by atoms with Crippen molar-refractivity contribution in [3.05, 3.63) is 93.7 Å². The molecular formula is C30H34Cl2FN3O4S. The number of hydrogen-bond acceptors (Lipinski definition) is 4. The van der Waals surface area contributed by atoms with Gasteiger partial charge in [-0.25, -0.2) is 12.8 Å². The lowest BCUT2D eigenvalue weighted by molar-refractivity contribution is -0.140. The van der Waals surface area contributed by atoms with Crippen LogP contribution in [0.3, 0.4) is 0 Å². The molecule has 1 N–H and O–H groups in total. The minimum Gasteiger partial charge on any atom is -0.352 e. The second-order valence-electron chi connectivity index (χ2n) is 9.79. The summed E-state index contributed by atoms with van der Waals surface area (Å²) < 4.78 is 43.4. The summed E-state index contributed by atoms with van der Waals surface area (Å²) in [6, 6.07) is 15.2. The van der Waals surface area contributed by atoms with E-state index in [0.29, 0.717) is 17.0 Å². The molecule has 0 radical (unpaired) electrons. The Morgan fingerprint density at radius 1 is 0.951 bits per heavy atom. The summed E-state index contributed by atoms with van der Waals surface area (Å²) in [6.45, 7) is 6.54. The normalized spacial score (nSPS) is 12.9. The number of para-hydroxylation sites is 1. The lowest BCUT2D eigenvalue weighted by Crippen LogP contribution is -2.53. The van der Waals surface area contributed by atoms with Crippen molar-refractivity contribution < 1.29 is 22.4 Å². The van der Waals surface area contributed by atoms with E-state index in [0.717, 1.165) is 15.9 Å². The molecule has 0 saturated carbocycles. The Labute approximate surface area is 251 Å². The highest BCUT2D eigenvalue weighted by molar-refractivity contribution is 7.92. The molecule has 2 unspecified atom stereocenters. The smallest absolute Gasteiger partial charge is 0.264 e. The van der Waals surface area contributed by atoms with Crippen molar-refractivity contribution in [1.29, 1.82) is 0 Å². The number of carbonyl (C=O) groups is 2. The topological polar surface area (TPSA) is 86.8 Å². The van der Waals surface area contributed by atoms with Gasteiger partial charge in [-0.1, -0.05) is 72.9 Å². The van der Waals surface area contributed by atoms with Crippen molar-refractivity contribution in [1.82, 2.24) is 10.2 Å². The lowest BCUT2D eigenvalue weighted by atomic mass is 10.1. The first-order valence-electron chi connectivity index (χ1n) is 13.3. The first kappa shape index (κ1) is 32.4. The minimum absolute atomic E-state index is 0.0577. The number of benzene rings is 3. The average molecular weight is 623 g/mol. The van der Waals surface area contributed by atoms with Gasteiger partial charge in [-0.05, 0) is 68.7 Å². The molecule has 3 rings (SSSR count). The Morgan fingerprint density at radius 2 is 1.61 bits per heavy atom. The summed E-state index contributed by atoms with van der Waals surface area (Å²) in [5, 5.41) is 3.50. The van der Waals surface area contributed by atoms with E-state index < -0.39 is 34.3 Å². The van der Waals surface area contributed by atoms with Crippen LogP contribution < -0.4 is 9.62 Å². The molecule has 2 atom stereocenters. The second kappa shape index (κ2) is 14.2. The third-order valence-corrected chi connectivity index (χ3v) is 9.25. The SMILES string of the molecule is CCC(C)NC(=O)C(CC)N(Cc1ccc(Cl)c(Cl)c1)C(=O)CN(c1ccccc1F)S(=O)(=O)c1ccc(C)cc1. The number of aryl methyl sites for hydroxylation is 1. The van der Waals surface area contributed by atoms with E-state index in [1.807, 2.05) is 20.8 Å². The van der Waals surface area contributed by atoms with Crippen LogP contribution in [0.5, 0.6) is 0 Å². The number of amides is 2. The number of nitrogens with one attached hydrogen (secondary N) is 1. The van der Waals surface area contributed by atoms with E-state index in [4.69, 9.17) is 23.2 Å². The van der Waals surface area contributed by atoms with E-state index in [2.05, 4.69) is 5.32 Å². The first-order chi connectivity index (χ1) is 19.4. The number of rotatable bonds is 12. The van der Waals surface area contributed by atoms with Crippen LogP contribution >= 0.6 is 23.2 Å². The molecule has 0 bridgehead atoms. The van der Waals surface area contributed by atoms with Crippen molar-refractivity contribution in [2.75, 3.05) is 10.8 Å². The molecule has 0 fully saturated rings. The predicted octanol–water partition coefficient (Wildman–Crippen LogP) is 6.36. The summed E-state index contributed by atoms with van der Waals surface area (Å²) in [6.07, 6.45) is 0.929. The fourth-order valence-electron chi connectivity index (χ4n) is 4.20. The Bertz CT molecular complexity index is 1490. The van der Waals surface area contributed by atoms with Gasteiger partial charge in [0.15, 0.2) is 0 Å². The average Bonchev–Trinajstić information content (AvgIpc) is 2.94. The Hall–Kier alpha value is -3.14. The predicted molar refractivity (Wildman–Crippen MR) is 161 cm³/mol. The molecule has 0 heterocycles. The zero-order chi connectivity index (χ0) is 30.3. The molecule has 11 heteroatoms. The number of halogens is 3. The second-order valence-corrected chi connectivity index (χ2v) is 12.5. The van der Waals surface area contributed by atoms with E-state index in [9.17, 15) is 18.0 Å². The molecule has 0 saturated heterocycles. The van der Waals surface area contributed by atoms with Gasteiger partial charge in [0.1, 0.15) is 18.4 Å². The van der Waals surface area contributed by atoms with Crippen molar-refractivity contribution in [3.8, 4) is 0 Å². The van der Waals surface area contributed by atoms with Gasteiger partial charge in [0, 0.05) is 12.6 Å². The van der Waals surface area contributed by atoms with Gasteiger partial charge in [-0.2, -0.15) is 0 Å². The molecule has 7 nitrogen and oxygen atoms in total. The van der Waals surface area contributed by atoms with Crippen LogP contribution in [0.1, 0.15) is 44.7 Å². The number of anilines is 1. The van der Waals surface area contributed by atoms with Gasteiger partial charge in [-0.3, -0.25) is 13.9 Å². The monoisotopic (exact) mass is 621 g/mol. The van der Waals surface area contributed by atoms with Crippen LogP contribution in [0, 0.1) is 12.7 Å². The molecule has 0 spiro atoms. The number of carbonyl (C=O) groups excluding carboxylic acids is 2. The first-order valence-corrected chi connectivity index (χ1v) is 15.5. The quantitative estimate of drug-likeness (QED) is 0.255. The lowest BCUT2D eigenvalue weighted by Gasteiger charge is -2.33. The van der Waals surface area contributed by atoms with Crippen LogP contribution in [-0.2, 0) is 26.2 Å². The Morgan fingerprint density at radius 3 is 2.20 bits per heavy atom. The van der Waals surface area contributed by atoms with Gasteiger partial charge in [0.25, 0.3) is 10.0 Å². The molecule has 41 heavy (non-hydrogen) atoms. The van der Waals surface area contributed by atoms with E-state index in [1.165, 1.54) is 35.2 Å². The maximum absolute atomic E-state index is 15.0. The molecular weight excluding hydrogens is 588 g/mol.